The molecule has 3 heterocycles. The van der Waals surface area contributed by atoms with Gasteiger partial charge in [0.2, 0.25) is 0 Å². The SMILES string of the molecule is C=C1C=NN(Cc2cc(-c3ccc(NCC4CCNC4)cc3C(F)(F)F)no2)C=C1N=C(C)c1cccc(F)c1F. The molecule has 0 saturated carbocycles. The first-order valence-electron chi connectivity index (χ1n) is 12.9. The fraction of sp³-hybridized carbons (Fsp3) is 0.276. The van der Waals surface area contributed by atoms with Crippen molar-refractivity contribution in [2.24, 2.45) is 16.0 Å². The van der Waals surface area contributed by atoms with Crippen molar-refractivity contribution in [2.75, 3.05) is 25.0 Å². The van der Waals surface area contributed by atoms with Crippen molar-refractivity contribution in [3.8, 4) is 11.3 Å². The van der Waals surface area contributed by atoms with Crippen molar-refractivity contribution in [3.63, 3.8) is 0 Å². The maximum absolute atomic E-state index is 14.2. The summed E-state index contributed by atoms with van der Waals surface area (Å²) in [7, 11) is 0. The lowest BCUT2D eigenvalue weighted by Crippen LogP contribution is -2.17. The Labute approximate surface area is 233 Å². The van der Waals surface area contributed by atoms with Gasteiger partial charge in [-0.2, -0.15) is 18.3 Å². The number of hydrogen-bond acceptors (Lipinski definition) is 7. The maximum Gasteiger partial charge on any atom is 0.417 e. The molecule has 1 saturated heterocycles. The molecule has 0 bridgehead atoms. The minimum absolute atomic E-state index is 0.00451. The lowest BCUT2D eigenvalue weighted by atomic mass is 10.0. The number of nitrogens with one attached hydrogen (secondary N) is 2. The highest BCUT2D eigenvalue weighted by molar-refractivity contribution is 6.00. The van der Waals surface area contributed by atoms with Crippen LogP contribution in [0.4, 0.5) is 27.6 Å². The molecule has 1 unspecified atom stereocenters. The molecule has 0 amide bonds. The van der Waals surface area contributed by atoms with Crippen LogP contribution in [-0.2, 0) is 12.7 Å². The number of hydrazone groups is 1. The van der Waals surface area contributed by atoms with E-state index < -0.39 is 23.4 Å². The summed E-state index contributed by atoms with van der Waals surface area (Å²) in [5.41, 5.74) is 0.490. The summed E-state index contributed by atoms with van der Waals surface area (Å²) >= 11 is 0. The quantitative estimate of drug-likeness (QED) is 0.243. The van der Waals surface area contributed by atoms with Gasteiger partial charge in [-0.1, -0.05) is 23.9 Å². The number of benzene rings is 2. The zero-order valence-electron chi connectivity index (χ0n) is 22.1. The Balaban J connectivity index is 1.33. The lowest BCUT2D eigenvalue weighted by Gasteiger charge is -2.18. The summed E-state index contributed by atoms with van der Waals surface area (Å²) in [4.78, 5) is 4.38. The summed E-state index contributed by atoms with van der Waals surface area (Å²) in [5, 5.41) is 15.9. The van der Waals surface area contributed by atoms with Gasteiger partial charge in [0.15, 0.2) is 17.4 Å². The number of allylic oxidation sites excluding steroid dienone is 1. The monoisotopic (exact) mass is 570 g/mol. The molecule has 0 aliphatic carbocycles. The zero-order valence-corrected chi connectivity index (χ0v) is 22.1. The van der Waals surface area contributed by atoms with Crippen LogP contribution in [-0.4, -0.2) is 41.7 Å². The topological polar surface area (TPSA) is 78.0 Å². The van der Waals surface area contributed by atoms with E-state index in [0.717, 1.165) is 31.6 Å². The number of anilines is 1. The van der Waals surface area contributed by atoms with E-state index in [-0.39, 0.29) is 34.8 Å². The standard InChI is InChI=1S/C29H27F5N6O/c1-17-12-37-40(16-27(17)38-18(2)22-4-3-5-25(30)28(22)31)15-21-11-26(39-41-21)23-7-6-20(10-24(23)29(32,33)34)36-14-19-8-9-35-13-19/h3-7,10-12,16,19,35-36H,1,8-9,13-15H2,2H3. The highest BCUT2D eigenvalue weighted by Crippen LogP contribution is 2.38. The van der Waals surface area contributed by atoms with E-state index in [1.54, 1.807) is 6.07 Å². The summed E-state index contributed by atoms with van der Waals surface area (Å²) in [6.07, 6.45) is -0.678. The Hall–Kier alpha value is -4.32. The van der Waals surface area contributed by atoms with Gasteiger partial charge in [0.1, 0.15) is 12.2 Å². The highest BCUT2D eigenvalue weighted by atomic mass is 19.4. The maximum atomic E-state index is 14.2. The molecule has 1 aromatic heterocycles. The van der Waals surface area contributed by atoms with Crippen LogP contribution in [0.3, 0.4) is 0 Å². The predicted molar refractivity (Wildman–Crippen MR) is 146 cm³/mol. The largest absolute Gasteiger partial charge is 0.417 e. The van der Waals surface area contributed by atoms with Gasteiger partial charge < -0.3 is 15.2 Å². The molecule has 2 aromatic carbocycles. The Morgan fingerprint density at radius 2 is 2.05 bits per heavy atom. The van der Waals surface area contributed by atoms with Crippen molar-refractivity contribution in [1.82, 2.24) is 15.5 Å². The van der Waals surface area contributed by atoms with Crippen LogP contribution in [0, 0.1) is 17.6 Å². The molecule has 214 valence electrons. The second kappa shape index (κ2) is 11.7. The van der Waals surface area contributed by atoms with Crippen LogP contribution in [0.15, 0.2) is 81.1 Å². The van der Waals surface area contributed by atoms with Crippen molar-refractivity contribution < 1.29 is 26.5 Å². The zero-order chi connectivity index (χ0) is 29.1. The van der Waals surface area contributed by atoms with Crippen LogP contribution in [0.1, 0.15) is 30.2 Å². The average Bonchev–Trinajstić information content (AvgIpc) is 3.63. The van der Waals surface area contributed by atoms with Crippen LogP contribution in [0.2, 0.25) is 0 Å². The highest BCUT2D eigenvalue weighted by Gasteiger charge is 2.35. The van der Waals surface area contributed by atoms with Crippen molar-refractivity contribution >= 4 is 17.6 Å². The van der Waals surface area contributed by atoms with E-state index in [9.17, 15) is 22.0 Å². The Kier molecular flexibility index (Phi) is 8.02. The average molecular weight is 571 g/mol. The first-order chi connectivity index (χ1) is 19.6. The van der Waals surface area contributed by atoms with E-state index in [1.165, 1.54) is 48.6 Å². The molecule has 5 rings (SSSR count). The van der Waals surface area contributed by atoms with Gasteiger partial charge in [-0.3, -0.25) is 10.0 Å². The molecule has 2 aliphatic heterocycles. The summed E-state index contributed by atoms with van der Waals surface area (Å²) in [5.74, 6) is -1.38. The van der Waals surface area contributed by atoms with Gasteiger partial charge in [-0.15, -0.1) is 0 Å². The molecule has 7 nitrogen and oxygen atoms in total. The fourth-order valence-corrected chi connectivity index (χ4v) is 4.62. The summed E-state index contributed by atoms with van der Waals surface area (Å²) in [6.45, 7) is 7.76. The summed E-state index contributed by atoms with van der Waals surface area (Å²) < 4.78 is 75.2. The van der Waals surface area contributed by atoms with Crippen molar-refractivity contribution in [3.05, 3.63) is 95.0 Å². The van der Waals surface area contributed by atoms with E-state index in [2.05, 4.69) is 32.5 Å². The van der Waals surface area contributed by atoms with E-state index in [4.69, 9.17) is 4.52 Å². The second-order valence-electron chi connectivity index (χ2n) is 9.86. The molecule has 2 aliphatic rings. The number of nitrogens with zero attached hydrogens (tertiary/aromatic N) is 4. The molecule has 12 heteroatoms. The minimum atomic E-state index is -4.60. The third-order valence-corrected chi connectivity index (χ3v) is 6.83. The molecular formula is C29H27F5N6O. The number of aromatic nitrogens is 1. The van der Waals surface area contributed by atoms with E-state index >= 15 is 0 Å². The van der Waals surface area contributed by atoms with E-state index in [0.29, 0.717) is 29.4 Å². The van der Waals surface area contributed by atoms with Gasteiger partial charge in [0.05, 0.1) is 23.7 Å². The smallest absolute Gasteiger partial charge is 0.385 e. The number of hydrogen-bond donors (Lipinski definition) is 2. The minimum Gasteiger partial charge on any atom is -0.385 e. The molecule has 0 spiro atoms. The molecule has 41 heavy (non-hydrogen) atoms. The first kappa shape index (κ1) is 28.2. The molecular weight excluding hydrogens is 543 g/mol. The normalized spacial score (nSPS) is 17.8. The number of halogens is 5. The number of aliphatic imine (C=N–C) groups is 1. The van der Waals surface area contributed by atoms with Gasteiger partial charge in [0, 0.05) is 40.7 Å². The summed E-state index contributed by atoms with van der Waals surface area (Å²) in [6, 6.07) is 9.30. The third-order valence-electron chi connectivity index (χ3n) is 6.83. The van der Waals surface area contributed by atoms with Crippen molar-refractivity contribution in [1.29, 1.82) is 0 Å². The van der Waals surface area contributed by atoms with Crippen LogP contribution in [0.25, 0.3) is 11.3 Å². The molecule has 2 N–H and O–H groups in total. The Bertz CT molecular complexity index is 1530. The van der Waals surface area contributed by atoms with Gasteiger partial charge in [-0.05, 0) is 56.6 Å². The number of alkyl halides is 3. The Morgan fingerprint density at radius 3 is 2.80 bits per heavy atom. The van der Waals surface area contributed by atoms with Crippen LogP contribution >= 0.6 is 0 Å². The first-order valence-corrected chi connectivity index (χ1v) is 12.9. The molecule has 0 radical (unpaired) electrons. The molecule has 1 fully saturated rings. The van der Waals surface area contributed by atoms with Crippen molar-refractivity contribution in [2.45, 2.75) is 26.1 Å². The van der Waals surface area contributed by atoms with Gasteiger partial charge in [0.25, 0.3) is 0 Å². The Morgan fingerprint density at radius 1 is 1.22 bits per heavy atom. The van der Waals surface area contributed by atoms with Gasteiger partial charge in [-0.25, -0.2) is 8.78 Å². The number of rotatable bonds is 8. The third kappa shape index (κ3) is 6.54. The van der Waals surface area contributed by atoms with Crippen LogP contribution in [0.5, 0.6) is 0 Å². The van der Waals surface area contributed by atoms with E-state index in [1.807, 2.05) is 0 Å². The fourth-order valence-electron chi connectivity index (χ4n) is 4.62. The lowest BCUT2D eigenvalue weighted by molar-refractivity contribution is -0.137. The molecule has 3 aromatic rings. The van der Waals surface area contributed by atoms with Gasteiger partial charge >= 0.3 is 6.18 Å². The second-order valence-corrected chi connectivity index (χ2v) is 9.86. The molecule has 1 atom stereocenters. The predicted octanol–water partition coefficient (Wildman–Crippen LogP) is 6.37. The van der Waals surface area contributed by atoms with Crippen LogP contribution < -0.4 is 10.6 Å².